The van der Waals surface area contributed by atoms with Gasteiger partial charge in [0.05, 0.1) is 13.0 Å². The van der Waals surface area contributed by atoms with E-state index < -0.39 is 0 Å². The zero-order chi connectivity index (χ0) is 19.6. The first kappa shape index (κ1) is 23.9. The Kier molecular flexibility index (Phi) is 10.6. The molecule has 0 saturated carbocycles. The first-order chi connectivity index (χ1) is 13.0. The number of piperidine rings is 1. The van der Waals surface area contributed by atoms with Crippen molar-refractivity contribution >= 4 is 30.0 Å². The van der Waals surface area contributed by atoms with Gasteiger partial charge in [-0.25, -0.2) is 0 Å². The fraction of sp³-hybridized carbons (Fsp3) is 0.550. The zero-order valence-electron chi connectivity index (χ0n) is 16.3. The number of Topliss-reactive ketones (excluding diaryl/α,β-unsaturated/α-hetero) is 1. The molecular formula is C20H30ClN3O4. The fourth-order valence-corrected chi connectivity index (χ4v) is 3.24. The summed E-state index contributed by atoms with van der Waals surface area (Å²) in [5, 5.41) is 2.79. The average Bonchev–Trinajstić information content (AvgIpc) is 2.71. The van der Waals surface area contributed by atoms with Crippen LogP contribution in [0.4, 0.5) is 0 Å². The molecule has 1 saturated heterocycles. The van der Waals surface area contributed by atoms with E-state index in [1.807, 2.05) is 0 Å². The van der Waals surface area contributed by atoms with E-state index in [4.69, 9.17) is 10.5 Å². The maximum absolute atomic E-state index is 12.4. The quantitative estimate of drug-likeness (QED) is 0.603. The van der Waals surface area contributed by atoms with E-state index in [9.17, 15) is 14.4 Å². The number of nitrogens with two attached hydrogens (primary N) is 1. The van der Waals surface area contributed by atoms with E-state index in [0.29, 0.717) is 56.8 Å². The van der Waals surface area contributed by atoms with Gasteiger partial charge >= 0.3 is 0 Å². The van der Waals surface area contributed by atoms with Crippen LogP contribution in [0.3, 0.4) is 0 Å². The summed E-state index contributed by atoms with van der Waals surface area (Å²) in [5.41, 5.74) is 6.03. The maximum atomic E-state index is 12.4. The molecule has 1 aliphatic heterocycles. The lowest BCUT2D eigenvalue weighted by Crippen LogP contribution is -2.46. The van der Waals surface area contributed by atoms with Gasteiger partial charge in [0.2, 0.25) is 11.8 Å². The Balaban J connectivity index is 0.00000392. The first-order valence-corrected chi connectivity index (χ1v) is 9.48. The van der Waals surface area contributed by atoms with Gasteiger partial charge in [-0.1, -0.05) is 0 Å². The van der Waals surface area contributed by atoms with Crippen molar-refractivity contribution in [3.8, 4) is 5.75 Å². The number of nitrogens with one attached hydrogen (secondary N) is 1. The number of ketones is 1. The summed E-state index contributed by atoms with van der Waals surface area (Å²) in [5.74, 6) is 0.525. The van der Waals surface area contributed by atoms with Crippen molar-refractivity contribution in [2.45, 2.75) is 32.1 Å². The molecule has 0 aliphatic carbocycles. The number of ether oxygens (including phenoxy) is 1. The lowest BCUT2D eigenvalue weighted by molar-refractivity contribution is -0.135. The van der Waals surface area contributed by atoms with Crippen molar-refractivity contribution in [3.05, 3.63) is 29.8 Å². The number of halogens is 1. The molecule has 1 atom stereocenters. The van der Waals surface area contributed by atoms with Crippen LogP contribution < -0.4 is 15.8 Å². The summed E-state index contributed by atoms with van der Waals surface area (Å²) in [6, 6.07) is 6.97. The highest BCUT2D eigenvalue weighted by atomic mass is 35.5. The topological polar surface area (TPSA) is 102 Å². The van der Waals surface area contributed by atoms with E-state index >= 15 is 0 Å². The Bertz CT molecular complexity index is 651. The third-order valence-corrected chi connectivity index (χ3v) is 4.79. The summed E-state index contributed by atoms with van der Waals surface area (Å²) in [4.78, 5) is 38.5. The number of amides is 2. The van der Waals surface area contributed by atoms with Gasteiger partial charge in [0.15, 0.2) is 5.78 Å². The van der Waals surface area contributed by atoms with Gasteiger partial charge in [-0.15, -0.1) is 12.4 Å². The molecule has 1 aliphatic rings. The van der Waals surface area contributed by atoms with Gasteiger partial charge in [0.25, 0.3) is 0 Å². The molecule has 3 N–H and O–H groups in total. The number of carbonyl (C=O) groups is 3. The molecule has 0 aromatic heterocycles. The van der Waals surface area contributed by atoms with Crippen molar-refractivity contribution in [1.29, 1.82) is 0 Å². The smallest absolute Gasteiger partial charge is 0.224 e. The maximum Gasteiger partial charge on any atom is 0.224 e. The summed E-state index contributed by atoms with van der Waals surface area (Å²) >= 11 is 0. The lowest BCUT2D eigenvalue weighted by Gasteiger charge is -2.32. The molecule has 0 spiro atoms. The van der Waals surface area contributed by atoms with E-state index in [1.54, 1.807) is 36.3 Å². The summed E-state index contributed by atoms with van der Waals surface area (Å²) in [7, 11) is 1.58. The van der Waals surface area contributed by atoms with E-state index in [2.05, 4.69) is 5.32 Å². The monoisotopic (exact) mass is 411 g/mol. The molecule has 2 amide bonds. The third-order valence-electron chi connectivity index (χ3n) is 4.79. The highest BCUT2D eigenvalue weighted by Gasteiger charge is 2.27. The average molecular weight is 412 g/mol. The highest BCUT2D eigenvalue weighted by molar-refractivity contribution is 5.96. The Morgan fingerprint density at radius 3 is 2.57 bits per heavy atom. The van der Waals surface area contributed by atoms with Gasteiger partial charge in [0.1, 0.15) is 5.75 Å². The molecule has 2 rings (SSSR count). The molecule has 1 aromatic carbocycles. The molecule has 1 unspecified atom stereocenters. The van der Waals surface area contributed by atoms with Crippen LogP contribution in [0.1, 0.15) is 42.5 Å². The van der Waals surface area contributed by atoms with Gasteiger partial charge in [-0.3, -0.25) is 14.4 Å². The van der Waals surface area contributed by atoms with Crippen LogP contribution in [0, 0.1) is 5.92 Å². The second kappa shape index (κ2) is 12.4. The van der Waals surface area contributed by atoms with Crippen LogP contribution >= 0.6 is 12.4 Å². The zero-order valence-corrected chi connectivity index (χ0v) is 17.1. The summed E-state index contributed by atoms with van der Waals surface area (Å²) in [6.45, 7) is 1.98. The first-order valence-electron chi connectivity index (χ1n) is 9.48. The Morgan fingerprint density at radius 1 is 1.21 bits per heavy atom. The Morgan fingerprint density at radius 2 is 1.93 bits per heavy atom. The fourth-order valence-electron chi connectivity index (χ4n) is 3.24. The van der Waals surface area contributed by atoms with Gasteiger partial charge in [-0.2, -0.15) is 0 Å². The van der Waals surface area contributed by atoms with Crippen LogP contribution in [0.2, 0.25) is 0 Å². The predicted molar refractivity (Wildman–Crippen MR) is 110 cm³/mol. The van der Waals surface area contributed by atoms with Crippen molar-refractivity contribution < 1.29 is 19.1 Å². The molecule has 28 heavy (non-hydrogen) atoms. The molecule has 1 aromatic rings. The molecule has 8 heteroatoms. The van der Waals surface area contributed by atoms with E-state index in [0.717, 1.165) is 12.8 Å². The van der Waals surface area contributed by atoms with Crippen molar-refractivity contribution in [2.75, 3.05) is 33.3 Å². The summed E-state index contributed by atoms with van der Waals surface area (Å²) < 4.78 is 5.08. The molecular weight excluding hydrogens is 382 g/mol. The minimum Gasteiger partial charge on any atom is -0.497 e. The van der Waals surface area contributed by atoms with Crippen LogP contribution in [0.5, 0.6) is 5.75 Å². The van der Waals surface area contributed by atoms with Crippen molar-refractivity contribution in [3.63, 3.8) is 0 Å². The number of methoxy groups -OCH3 is 1. The van der Waals surface area contributed by atoms with Crippen LogP contribution in [-0.2, 0) is 9.59 Å². The number of hydrogen-bond acceptors (Lipinski definition) is 5. The molecule has 156 valence electrons. The van der Waals surface area contributed by atoms with Gasteiger partial charge < -0.3 is 20.7 Å². The van der Waals surface area contributed by atoms with Gasteiger partial charge in [-0.05, 0) is 43.5 Å². The number of nitrogens with zero attached hydrogens (tertiary/aromatic N) is 1. The molecule has 1 fully saturated rings. The summed E-state index contributed by atoms with van der Waals surface area (Å²) in [6.07, 6.45) is 2.75. The molecule has 7 nitrogen and oxygen atoms in total. The second-order valence-corrected chi connectivity index (χ2v) is 6.76. The molecule has 0 radical (unpaired) electrons. The Labute approximate surface area is 172 Å². The molecule has 1 heterocycles. The molecule has 0 bridgehead atoms. The number of rotatable bonds is 9. The number of likely N-dealkylation sites (tertiary alicyclic amines) is 1. The largest absolute Gasteiger partial charge is 0.497 e. The van der Waals surface area contributed by atoms with Crippen LogP contribution in [0.25, 0.3) is 0 Å². The normalized spacial score (nSPS) is 16.1. The SMILES string of the molecule is COc1ccc(C(=O)CCCC(=O)N2CCCC(C(=O)NCCN)C2)cc1.Cl. The van der Waals surface area contributed by atoms with E-state index in [-0.39, 0.29) is 35.9 Å². The third kappa shape index (κ3) is 7.13. The minimum atomic E-state index is -0.171. The highest BCUT2D eigenvalue weighted by Crippen LogP contribution is 2.19. The standard InChI is InChI=1S/C20H29N3O4.ClH/c1-27-17-9-7-15(8-10-17)18(24)5-2-6-19(25)23-13-3-4-16(14-23)20(26)22-12-11-21;/h7-10,16H,2-6,11-14,21H2,1H3,(H,22,26);1H. The second-order valence-electron chi connectivity index (χ2n) is 6.76. The van der Waals surface area contributed by atoms with Crippen molar-refractivity contribution in [2.24, 2.45) is 11.7 Å². The number of carbonyl (C=O) groups excluding carboxylic acids is 3. The minimum absolute atomic E-state index is 0. The number of hydrogen-bond donors (Lipinski definition) is 2. The predicted octanol–water partition coefficient (Wildman–Crippen LogP) is 1.78. The number of benzene rings is 1. The Hall–Kier alpha value is -2.12. The van der Waals surface area contributed by atoms with Crippen LogP contribution in [-0.4, -0.2) is 55.8 Å². The lowest BCUT2D eigenvalue weighted by atomic mass is 9.96. The van der Waals surface area contributed by atoms with Crippen LogP contribution in [0.15, 0.2) is 24.3 Å². The van der Waals surface area contributed by atoms with Gasteiger partial charge in [0, 0.05) is 44.6 Å². The van der Waals surface area contributed by atoms with E-state index in [1.165, 1.54) is 0 Å². The van der Waals surface area contributed by atoms with Crippen molar-refractivity contribution in [1.82, 2.24) is 10.2 Å².